The third-order valence-electron chi connectivity index (χ3n) is 4.75. The molecule has 0 aromatic carbocycles. The molecule has 0 spiro atoms. The van der Waals surface area contributed by atoms with E-state index in [1.54, 1.807) is 68.0 Å². The van der Waals surface area contributed by atoms with Crippen LogP contribution in [0.25, 0.3) is 47.7 Å². The van der Waals surface area contributed by atoms with E-state index in [4.69, 9.17) is 0 Å². The molecule has 6 aromatic heterocycles. The molecule has 0 atom stereocenters. The molecule has 0 aliphatic heterocycles. The van der Waals surface area contributed by atoms with Crippen molar-refractivity contribution < 1.29 is 10.2 Å². The van der Waals surface area contributed by atoms with Crippen LogP contribution in [0.15, 0.2) is 35.0 Å². The average Bonchev–Trinajstić information content (AvgIpc) is 3.45. The molecule has 6 aromatic rings. The van der Waals surface area contributed by atoms with Crippen molar-refractivity contribution in [3.05, 3.63) is 46.2 Å². The van der Waals surface area contributed by atoms with Crippen LogP contribution < -0.4 is 0 Å². The molecule has 0 bridgehead atoms. The molecule has 2 N–H and O–H groups in total. The molecule has 0 unspecified atom stereocenters. The van der Waals surface area contributed by atoms with E-state index >= 15 is 0 Å². The highest BCUT2D eigenvalue weighted by Crippen LogP contribution is 2.52. The van der Waals surface area contributed by atoms with Gasteiger partial charge in [-0.25, -0.2) is 0 Å². The van der Waals surface area contributed by atoms with Crippen molar-refractivity contribution in [3.8, 4) is 19.5 Å². The summed E-state index contributed by atoms with van der Waals surface area (Å²) in [6.45, 7) is 0.0382. The minimum atomic E-state index is 0.0191. The zero-order chi connectivity index (χ0) is 18.8. The second-order valence-corrected chi connectivity index (χ2v) is 12.4. The molecule has 2 nitrogen and oxygen atoms in total. The highest BCUT2D eigenvalue weighted by Gasteiger charge is 2.23. The normalized spacial score (nSPS) is 12.2. The van der Waals surface area contributed by atoms with Crippen molar-refractivity contribution in [3.63, 3.8) is 0 Å². The van der Waals surface area contributed by atoms with Crippen molar-refractivity contribution in [2.75, 3.05) is 0 Å². The molecule has 0 aliphatic carbocycles. The van der Waals surface area contributed by atoms with E-state index in [2.05, 4.69) is 35.0 Å². The maximum atomic E-state index is 10.2. The van der Waals surface area contributed by atoms with Crippen LogP contribution in [-0.4, -0.2) is 10.2 Å². The first-order valence-electron chi connectivity index (χ1n) is 8.50. The van der Waals surface area contributed by atoms with Gasteiger partial charge in [0.2, 0.25) is 0 Å². The number of fused-ring (bicyclic) bond motifs is 3. The summed E-state index contributed by atoms with van der Waals surface area (Å²) in [4.78, 5) is 4.71. The number of aliphatic hydroxyl groups excluding tert-OH is 2. The van der Waals surface area contributed by atoms with Crippen molar-refractivity contribution in [1.29, 1.82) is 0 Å². The van der Waals surface area contributed by atoms with E-state index in [0.29, 0.717) is 0 Å². The van der Waals surface area contributed by atoms with Crippen molar-refractivity contribution in [2.45, 2.75) is 13.2 Å². The summed E-state index contributed by atoms with van der Waals surface area (Å²) in [5.74, 6) is 0. The van der Waals surface area contributed by atoms with Crippen molar-refractivity contribution in [1.82, 2.24) is 0 Å². The van der Waals surface area contributed by atoms with Crippen molar-refractivity contribution in [2.24, 2.45) is 0 Å². The fourth-order valence-corrected chi connectivity index (χ4v) is 10.8. The van der Waals surface area contributed by atoms with Crippen LogP contribution in [0.5, 0.6) is 0 Å². The number of hydrogen-bond acceptors (Lipinski definition) is 8. The molecule has 0 radical (unpaired) electrons. The lowest BCUT2D eigenvalue weighted by Gasteiger charge is -2.00. The Bertz CT molecular complexity index is 1280. The maximum Gasteiger partial charge on any atom is 0.0710 e. The SMILES string of the molecule is OCc1c(-c2cc3sccc3s2)sc2c(CO)c(-c3cc4sccc4s3)sc12. The zero-order valence-corrected chi connectivity index (χ0v) is 19.1. The Morgan fingerprint density at radius 3 is 1.46 bits per heavy atom. The first-order chi connectivity index (χ1) is 13.8. The second kappa shape index (κ2) is 6.72. The van der Waals surface area contributed by atoms with Gasteiger partial charge < -0.3 is 10.2 Å². The lowest BCUT2D eigenvalue weighted by atomic mass is 10.2. The first kappa shape index (κ1) is 17.7. The number of rotatable bonds is 4. The van der Waals surface area contributed by atoms with Gasteiger partial charge in [0.25, 0.3) is 0 Å². The minimum absolute atomic E-state index is 0.0191. The molecule has 0 amide bonds. The van der Waals surface area contributed by atoms with E-state index in [9.17, 15) is 10.2 Å². The smallest absolute Gasteiger partial charge is 0.0710 e. The van der Waals surface area contributed by atoms with Crippen LogP contribution in [0.3, 0.4) is 0 Å². The predicted molar refractivity (Wildman–Crippen MR) is 129 cm³/mol. The minimum Gasteiger partial charge on any atom is -0.392 e. The lowest BCUT2D eigenvalue weighted by molar-refractivity contribution is 0.283. The van der Waals surface area contributed by atoms with E-state index in [0.717, 1.165) is 30.3 Å². The molecule has 0 saturated heterocycles. The Balaban J connectivity index is 1.57. The van der Waals surface area contributed by atoms with Crippen molar-refractivity contribution >= 4 is 96.2 Å². The molecule has 0 fully saturated rings. The molecule has 28 heavy (non-hydrogen) atoms. The Labute approximate surface area is 184 Å². The van der Waals surface area contributed by atoms with Crippen LogP contribution >= 0.6 is 68.0 Å². The average molecular weight is 477 g/mol. The van der Waals surface area contributed by atoms with Gasteiger partial charge in [0.1, 0.15) is 0 Å². The standard InChI is InChI=1S/C20H12O2S6/c21-7-9-17(15-5-13-11(25-15)1-3-23-13)27-20-10(8-22)18(28-19(9)20)16-6-14-12(26-16)2-4-24-14/h1-6,21-22H,7-8H2. The summed E-state index contributed by atoms with van der Waals surface area (Å²) in [6, 6.07) is 8.77. The fourth-order valence-electron chi connectivity index (χ4n) is 3.46. The third kappa shape index (κ3) is 2.54. The zero-order valence-electron chi connectivity index (χ0n) is 14.2. The van der Waals surface area contributed by atoms with Crippen LogP contribution in [0.4, 0.5) is 0 Å². The Morgan fingerprint density at radius 2 is 1.07 bits per heavy atom. The fraction of sp³-hybridized carbons (Fsp3) is 0.100. The molecule has 8 heteroatoms. The van der Waals surface area contributed by atoms with Crippen LogP contribution in [0.2, 0.25) is 0 Å². The highest BCUT2D eigenvalue weighted by atomic mass is 32.1. The van der Waals surface area contributed by atoms with Crippen LogP contribution in [0.1, 0.15) is 11.1 Å². The van der Waals surface area contributed by atoms with Gasteiger partial charge in [-0.3, -0.25) is 0 Å². The highest BCUT2D eigenvalue weighted by molar-refractivity contribution is 7.36. The summed E-state index contributed by atoms with van der Waals surface area (Å²) in [5, 5.41) is 24.6. The topological polar surface area (TPSA) is 40.5 Å². The largest absolute Gasteiger partial charge is 0.392 e. The molecular weight excluding hydrogens is 465 g/mol. The van der Waals surface area contributed by atoms with Gasteiger partial charge in [0.15, 0.2) is 0 Å². The van der Waals surface area contributed by atoms with Gasteiger partial charge in [0, 0.05) is 39.7 Å². The molecule has 0 aliphatic rings. The molecule has 6 heterocycles. The van der Waals surface area contributed by atoms with Crippen LogP contribution in [-0.2, 0) is 13.2 Å². The summed E-state index contributed by atoms with van der Waals surface area (Å²) in [6.07, 6.45) is 0. The van der Waals surface area contributed by atoms with E-state index in [1.165, 1.54) is 28.6 Å². The molecule has 0 saturated carbocycles. The quantitative estimate of drug-likeness (QED) is 0.272. The second-order valence-electron chi connectivity index (χ2n) is 6.31. The summed E-state index contributed by atoms with van der Waals surface area (Å²) in [5.41, 5.74) is 2.00. The van der Waals surface area contributed by atoms with Gasteiger partial charge in [-0.1, -0.05) is 0 Å². The number of thiophene rings is 6. The maximum absolute atomic E-state index is 10.2. The molecule has 140 valence electrons. The van der Waals surface area contributed by atoms with Gasteiger partial charge in [-0.2, -0.15) is 0 Å². The van der Waals surface area contributed by atoms with Gasteiger partial charge >= 0.3 is 0 Å². The Kier molecular flexibility index (Phi) is 4.25. The Hall–Kier alpha value is -1.10. The van der Waals surface area contributed by atoms with E-state index in [-0.39, 0.29) is 13.2 Å². The van der Waals surface area contributed by atoms with Crippen LogP contribution in [0, 0.1) is 0 Å². The number of hydrogen-bond donors (Lipinski definition) is 2. The van der Waals surface area contributed by atoms with Gasteiger partial charge in [-0.05, 0) is 35.0 Å². The summed E-state index contributed by atoms with van der Waals surface area (Å²) >= 11 is 10.5. The molecular formula is C20H12O2S6. The first-order valence-corrected chi connectivity index (χ1v) is 13.5. The lowest BCUT2D eigenvalue weighted by Crippen LogP contribution is -1.80. The molecule has 6 rings (SSSR count). The van der Waals surface area contributed by atoms with E-state index in [1.807, 2.05) is 0 Å². The monoisotopic (exact) mass is 476 g/mol. The Morgan fingerprint density at radius 1 is 0.607 bits per heavy atom. The summed E-state index contributed by atoms with van der Waals surface area (Å²) < 4.78 is 7.42. The predicted octanol–water partition coefficient (Wildman–Crippen LogP) is 7.83. The summed E-state index contributed by atoms with van der Waals surface area (Å²) in [7, 11) is 0. The van der Waals surface area contributed by atoms with Gasteiger partial charge in [0.05, 0.1) is 32.4 Å². The van der Waals surface area contributed by atoms with Gasteiger partial charge in [-0.15, -0.1) is 68.0 Å². The van der Waals surface area contributed by atoms with E-state index < -0.39 is 0 Å². The number of aliphatic hydroxyl groups is 2. The third-order valence-corrected chi connectivity index (χ3v) is 12.0.